The van der Waals surface area contributed by atoms with Crippen LogP contribution in [0.2, 0.25) is 0 Å². The Morgan fingerprint density at radius 3 is 3.00 bits per heavy atom. The summed E-state index contributed by atoms with van der Waals surface area (Å²) in [5, 5.41) is 0.159. The van der Waals surface area contributed by atoms with Gasteiger partial charge in [0.25, 0.3) is 0 Å². The van der Waals surface area contributed by atoms with Crippen LogP contribution in [0.3, 0.4) is 0 Å². The number of hydrogen-bond acceptors (Lipinski definition) is 3. The minimum Gasteiger partial charge on any atom is -0.461 e. The zero-order chi connectivity index (χ0) is 11.1. The molecule has 15 heavy (non-hydrogen) atoms. The summed E-state index contributed by atoms with van der Waals surface area (Å²) < 4.78 is 17.2. The largest absolute Gasteiger partial charge is 0.461 e. The first kappa shape index (κ1) is 10.9. The highest BCUT2D eigenvalue weighted by atomic mass is 32.2. The summed E-state index contributed by atoms with van der Waals surface area (Å²) in [7, 11) is -0.854. The van der Waals surface area contributed by atoms with Gasteiger partial charge >= 0.3 is 5.97 Å². The second-order valence-corrected chi connectivity index (χ2v) is 6.14. The van der Waals surface area contributed by atoms with E-state index in [0.29, 0.717) is 5.75 Å². The van der Waals surface area contributed by atoms with E-state index in [1.807, 2.05) is 6.92 Å². The molecule has 0 bridgehead atoms. The van der Waals surface area contributed by atoms with Gasteiger partial charge in [0.15, 0.2) is 0 Å². The number of carbonyl (C=O) groups excluding carboxylic acids is 1. The fourth-order valence-corrected chi connectivity index (χ4v) is 4.69. The molecule has 1 aliphatic carbocycles. The van der Waals surface area contributed by atoms with Crippen LogP contribution in [0.25, 0.3) is 0 Å². The SMILES string of the molecule is CC(=O)O[C@H]1CS(=O)[C@@H]2CCC=C[C@]12C. The number of ether oxygens (including phenoxy) is 1. The number of rotatable bonds is 1. The minimum absolute atomic E-state index is 0.159. The topological polar surface area (TPSA) is 43.4 Å². The molecule has 0 amide bonds. The van der Waals surface area contributed by atoms with Crippen molar-refractivity contribution in [3.63, 3.8) is 0 Å². The van der Waals surface area contributed by atoms with E-state index in [1.165, 1.54) is 6.92 Å². The van der Waals surface area contributed by atoms with Gasteiger partial charge in [-0.3, -0.25) is 9.00 Å². The standard InChI is InChI=1S/C11H16O3S/c1-8(12)14-9-7-15(13)10-5-3-4-6-11(9,10)2/h4,6,9-10H,3,5,7H2,1-2H3/t9-,10+,11+,15?/m0/s1. The predicted octanol–water partition coefficient (Wildman–Crippen LogP) is 1.41. The van der Waals surface area contributed by atoms with Crippen LogP contribution in [-0.4, -0.2) is 27.3 Å². The zero-order valence-corrected chi connectivity index (χ0v) is 9.88. The molecule has 4 heteroatoms. The van der Waals surface area contributed by atoms with Gasteiger partial charge in [-0.15, -0.1) is 0 Å². The third-order valence-electron chi connectivity index (χ3n) is 3.40. The maximum atomic E-state index is 11.9. The fraction of sp³-hybridized carbons (Fsp3) is 0.727. The molecular formula is C11H16O3S. The van der Waals surface area contributed by atoms with Crippen LogP contribution >= 0.6 is 0 Å². The van der Waals surface area contributed by atoms with Crippen molar-refractivity contribution in [1.82, 2.24) is 0 Å². The molecule has 1 aliphatic heterocycles. The first-order valence-corrected chi connectivity index (χ1v) is 6.64. The summed E-state index contributed by atoms with van der Waals surface area (Å²) in [6.45, 7) is 3.46. The van der Waals surface area contributed by atoms with E-state index in [-0.39, 0.29) is 22.7 Å². The second-order valence-electron chi connectivity index (χ2n) is 4.48. The molecule has 1 fully saturated rings. The average molecular weight is 228 g/mol. The molecule has 0 N–H and O–H groups in total. The lowest BCUT2D eigenvalue weighted by atomic mass is 9.76. The Morgan fingerprint density at radius 1 is 1.60 bits per heavy atom. The van der Waals surface area contributed by atoms with Gasteiger partial charge in [-0.05, 0) is 12.8 Å². The van der Waals surface area contributed by atoms with Gasteiger partial charge in [0.2, 0.25) is 0 Å². The number of carbonyl (C=O) groups is 1. The first-order chi connectivity index (χ1) is 7.04. The van der Waals surface area contributed by atoms with Crippen LogP contribution in [0.4, 0.5) is 0 Å². The highest BCUT2D eigenvalue weighted by Crippen LogP contribution is 2.44. The average Bonchev–Trinajstić information content (AvgIpc) is 2.39. The van der Waals surface area contributed by atoms with E-state index in [1.54, 1.807) is 0 Å². The molecule has 0 saturated carbocycles. The molecule has 1 heterocycles. The van der Waals surface area contributed by atoms with Crippen LogP contribution in [0.15, 0.2) is 12.2 Å². The summed E-state index contributed by atoms with van der Waals surface area (Å²) >= 11 is 0. The van der Waals surface area contributed by atoms with Crippen molar-refractivity contribution in [2.45, 2.75) is 38.0 Å². The Kier molecular flexibility index (Phi) is 2.71. The number of hydrogen-bond donors (Lipinski definition) is 0. The van der Waals surface area contributed by atoms with Crippen molar-refractivity contribution >= 4 is 16.8 Å². The number of esters is 1. The summed E-state index contributed by atoms with van der Waals surface area (Å²) in [6.07, 6.45) is 5.91. The lowest BCUT2D eigenvalue weighted by Crippen LogP contribution is -2.39. The van der Waals surface area contributed by atoms with E-state index in [2.05, 4.69) is 12.2 Å². The molecule has 0 aromatic heterocycles. The summed E-state index contributed by atoms with van der Waals surface area (Å²) in [6, 6.07) is 0. The summed E-state index contributed by atoms with van der Waals surface area (Å²) in [4.78, 5) is 11.0. The van der Waals surface area contributed by atoms with Crippen LogP contribution < -0.4 is 0 Å². The Balaban J connectivity index is 2.27. The van der Waals surface area contributed by atoms with Crippen molar-refractivity contribution < 1.29 is 13.7 Å². The van der Waals surface area contributed by atoms with Crippen LogP contribution in [-0.2, 0) is 20.3 Å². The molecule has 3 nitrogen and oxygen atoms in total. The van der Waals surface area contributed by atoms with Crippen LogP contribution in [0.1, 0.15) is 26.7 Å². The molecule has 2 aliphatic rings. The Labute approximate surface area is 92.3 Å². The van der Waals surface area contributed by atoms with Gasteiger partial charge in [-0.25, -0.2) is 0 Å². The highest BCUT2D eigenvalue weighted by Gasteiger charge is 2.52. The first-order valence-electron chi connectivity index (χ1n) is 5.26. The van der Waals surface area contributed by atoms with E-state index < -0.39 is 10.8 Å². The second kappa shape index (κ2) is 3.74. The van der Waals surface area contributed by atoms with Crippen molar-refractivity contribution in [2.75, 3.05) is 5.75 Å². The fourth-order valence-electron chi connectivity index (χ4n) is 2.54. The van der Waals surface area contributed by atoms with Crippen molar-refractivity contribution in [3.8, 4) is 0 Å². The van der Waals surface area contributed by atoms with Gasteiger partial charge in [-0.2, -0.15) is 0 Å². The maximum Gasteiger partial charge on any atom is 0.302 e. The van der Waals surface area contributed by atoms with Gasteiger partial charge in [0.1, 0.15) is 6.10 Å². The Hall–Kier alpha value is -0.640. The third-order valence-corrected chi connectivity index (χ3v) is 5.41. The van der Waals surface area contributed by atoms with E-state index in [4.69, 9.17) is 4.74 Å². The Morgan fingerprint density at radius 2 is 2.33 bits per heavy atom. The van der Waals surface area contributed by atoms with Crippen molar-refractivity contribution in [2.24, 2.45) is 5.41 Å². The minimum atomic E-state index is -0.854. The van der Waals surface area contributed by atoms with E-state index >= 15 is 0 Å². The Bertz CT molecular complexity index is 337. The number of fused-ring (bicyclic) bond motifs is 1. The van der Waals surface area contributed by atoms with Gasteiger partial charge in [0, 0.05) is 28.4 Å². The lowest BCUT2D eigenvalue weighted by molar-refractivity contribution is -0.149. The normalized spacial score (nSPS) is 43.7. The lowest BCUT2D eigenvalue weighted by Gasteiger charge is -2.34. The zero-order valence-electron chi connectivity index (χ0n) is 9.06. The molecule has 0 radical (unpaired) electrons. The number of allylic oxidation sites excluding steroid dienone is 1. The van der Waals surface area contributed by atoms with Gasteiger partial charge in [0.05, 0.1) is 5.75 Å². The van der Waals surface area contributed by atoms with Gasteiger partial charge < -0.3 is 4.74 Å². The van der Waals surface area contributed by atoms with E-state index in [0.717, 1.165) is 12.8 Å². The van der Waals surface area contributed by atoms with Crippen LogP contribution in [0.5, 0.6) is 0 Å². The molecule has 0 aromatic rings. The molecule has 1 unspecified atom stereocenters. The third kappa shape index (κ3) is 1.75. The molecule has 4 atom stereocenters. The molecule has 0 aromatic carbocycles. The van der Waals surface area contributed by atoms with Crippen molar-refractivity contribution in [3.05, 3.63) is 12.2 Å². The monoisotopic (exact) mass is 228 g/mol. The quantitative estimate of drug-likeness (QED) is 0.503. The molecule has 84 valence electrons. The van der Waals surface area contributed by atoms with Crippen LogP contribution in [0, 0.1) is 5.41 Å². The van der Waals surface area contributed by atoms with E-state index in [9.17, 15) is 9.00 Å². The smallest absolute Gasteiger partial charge is 0.302 e. The van der Waals surface area contributed by atoms with Gasteiger partial charge in [-0.1, -0.05) is 19.1 Å². The molecular weight excluding hydrogens is 212 g/mol. The van der Waals surface area contributed by atoms with Crippen molar-refractivity contribution in [1.29, 1.82) is 0 Å². The predicted molar refractivity (Wildman–Crippen MR) is 58.8 cm³/mol. The molecule has 1 saturated heterocycles. The summed E-state index contributed by atoms with van der Waals surface area (Å²) in [5.41, 5.74) is -0.214. The summed E-state index contributed by atoms with van der Waals surface area (Å²) in [5.74, 6) is 0.211. The molecule has 2 rings (SSSR count). The molecule has 0 spiro atoms. The maximum absolute atomic E-state index is 11.9. The highest BCUT2D eigenvalue weighted by molar-refractivity contribution is 7.86.